The van der Waals surface area contributed by atoms with Crippen molar-refractivity contribution in [3.8, 4) is 40.1 Å². The Hall–Kier alpha value is -5.76. The summed E-state index contributed by atoms with van der Waals surface area (Å²) in [4.78, 5) is 17.6. The number of hydroxylamine groups is 1. The fraction of sp³-hybridized carbons (Fsp3) is 0.200. The average Bonchev–Trinajstić information content (AvgIpc) is 3.09. The molecule has 0 atom stereocenters. The van der Waals surface area contributed by atoms with Crippen LogP contribution in [-0.4, -0.2) is 40.3 Å². The number of amides is 1. The SMILES string of the molecule is N#Cc1ccc(-c2c(-c3ccc(C(F)(F)F)c(O)c3)cnc(N3CCC(NCc4ccc(/C=C/C(=O)NO)cc4)CC3)c2C#N)cc1F. The molecule has 1 fully saturated rings. The molecule has 0 unspecified atom stereocenters. The fourth-order valence-corrected chi connectivity index (χ4v) is 5.58. The van der Waals surface area contributed by atoms with Crippen LogP contribution in [-0.2, 0) is 17.5 Å². The Morgan fingerprint density at radius 1 is 1.02 bits per heavy atom. The quantitative estimate of drug-likeness (QED) is 0.0749. The third-order valence-electron chi connectivity index (χ3n) is 8.07. The van der Waals surface area contributed by atoms with E-state index in [4.69, 9.17) is 5.21 Å². The van der Waals surface area contributed by atoms with Crippen LogP contribution in [0.3, 0.4) is 0 Å². The maximum atomic E-state index is 14.8. The summed E-state index contributed by atoms with van der Waals surface area (Å²) in [6, 6.07) is 18.2. The van der Waals surface area contributed by atoms with Crippen molar-refractivity contribution in [3.05, 3.63) is 107 Å². The van der Waals surface area contributed by atoms with Gasteiger partial charge in [-0.25, -0.2) is 14.9 Å². The Bertz CT molecular complexity index is 1940. The lowest BCUT2D eigenvalue weighted by Gasteiger charge is -2.34. The minimum Gasteiger partial charge on any atom is -0.507 e. The molecule has 0 aliphatic carbocycles. The maximum Gasteiger partial charge on any atom is 0.419 e. The van der Waals surface area contributed by atoms with Crippen molar-refractivity contribution >= 4 is 17.8 Å². The lowest BCUT2D eigenvalue weighted by atomic mass is 9.90. The number of carbonyl (C=O) groups is 1. The van der Waals surface area contributed by atoms with Crippen LogP contribution in [0.15, 0.2) is 72.9 Å². The van der Waals surface area contributed by atoms with E-state index in [1.54, 1.807) is 12.1 Å². The first kappa shape index (κ1) is 33.6. The summed E-state index contributed by atoms with van der Waals surface area (Å²) in [5.41, 5.74) is 2.76. The molecule has 2 heterocycles. The van der Waals surface area contributed by atoms with Crippen LogP contribution in [0.1, 0.15) is 40.7 Å². The number of pyridine rings is 1. The molecule has 1 amide bonds. The minimum absolute atomic E-state index is 0.0769. The van der Waals surface area contributed by atoms with E-state index in [-0.39, 0.29) is 39.4 Å². The molecule has 48 heavy (non-hydrogen) atoms. The van der Waals surface area contributed by atoms with Gasteiger partial charge in [-0.1, -0.05) is 36.4 Å². The molecule has 244 valence electrons. The number of anilines is 1. The molecule has 0 saturated carbocycles. The van der Waals surface area contributed by atoms with E-state index in [0.717, 1.165) is 35.4 Å². The normalized spacial score (nSPS) is 13.7. The fourth-order valence-electron chi connectivity index (χ4n) is 5.58. The van der Waals surface area contributed by atoms with E-state index in [0.29, 0.717) is 38.3 Å². The Balaban J connectivity index is 1.39. The van der Waals surface area contributed by atoms with Crippen molar-refractivity contribution in [1.29, 1.82) is 10.5 Å². The summed E-state index contributed by atoms with van der Waals surface area (Å²) < 4.78 is 54.8. The van der Waals surface area contributed by atoms with E-state index in [2.05, 4.69) is 16.4 Å². The third-order valence-corrected chi connectivity index (χ3v) is 8.07. The highest BCUT2D eigenvalue weighted by molar-refractivity contribution is 5.91. The van der Waals surface area contributed by atoms with E-state index in [9.17, 15) is 38.0 Å². The van der Waals surface area contributed by atoms with Crippen LogP contribution < -0.4 is 15.7 Å². The summed E-state index contributed by atoms with van der Waals surface area (Å²) in [5, 5.41) is 41.9. The molecule has 0 bridgehead atoms. The molecule has 0 spiro atoms. The summed E-state index contributed by atoms with van der Waals surface area (Å²) in [7, 11) is 0. The lowest BCUT2D eigenvalue weighted by Crippen LogP contribution is -2.42. The van der Waals surface area contributed by atoms with E-state index in [1.807, 2.05) is 29.2 Å². The van der Waals surface area contributed by atoms with Crippen LogP contribution in [0.25, 0.3) is 28.3 Å². The summed E-state index contributed by atoms with van der Waals surface area (Å²) in [5.74, 6) is -2.13. The van der Waals surface area contributed by atoms with Crippen LogP contribution >= 0.6 is 0 Å². The van der Waals surface area contributed by atoms with Crippen molar-refractivity contribution in [1.82, 2.24) is 15.8 Å². The number of nitrogens with zero attached hydrogens (tertiary/aromatic N) is 4. The second-order valence-corrected chi connectivity index (χ2v) is 11.1. The molecule has 13 heteroatoms. The number of hydrogen-bond donors (Lipinski definition) is 4. The number of aromatic hydroxyl groups is 1. The molecule has 9 nitrogen and oxygen atoms in total. The van der Waals surface area contributed by atoms with Crippen molar-refractivity contribution < 1.29 is 32.7 Å². The van der Waals surface area contributed by atoms with Gasteiger partial charge in [0.1, 0.15) is 35.1 Å². The van der Waals surface area contributed by atoms with Gasteiger partial charge in [0.15, 0.2) is 0 Å². The number of alkyl halides is 3. The molecule has 4 N–H and O–H groups in total. The van der Waals surface area contributed by atoms with Crippen LogP contribution in [0.2, 0.25) is 0 Å². The molecule has 5 rings (SSSR count). The highest BCUT2D eigenvalue weighted by atomic mass is 19.4. The van der Waals surface area contributed by atoms with Gasteiger partial charge >= 0.3 is 6.18 Å². The highest BCUT2D eigenvalue weighted by Gasteiger charge is 2.34. The van der Waals surface area contributed by atoms with Gasteiger partial charge in [0, 0.05) is 49.1 Å². The number of rotatable bonds is 8. The van der Waals surface area contributed by atoms with Gasteiger partial charge in [0.2, 0.25) is 0 Å². The smallest absolute Gasteiger partial charge is 0.419 e. The van der Waals surface area contributed by atoms with Gasteiger partial charge < -0.3 is 15.3 Å². The van der Waals surface area contributed by atoms with E-state index >= 15 is 0 Å². The van der Waals surface area contributed by atoms with Crippen LogP contribution in [0.4, 0.5) is 23.4 Å². The predicted molar refractivity (Wildman–Crippen MR) is 169 cm³/mol. The summed E-state index contributed by atoms with van der Waals surface area (Å²) >= 11 is 0. The summed E-state index contributed by atoms with van der Waals surface area (Å²) in [6.07, 6.45) is 0.811. The van der Waals surface area contributed by atoms with Crippen molar-refractivity contribution in [2.75, 3.05) is 18.0 Å². The molecular weight excluding hydrogens is 628 g/mol. The Labute approximate surface area is 273 Å². The number of nitrogens with one attached hydrogen (secondary N) is 2. The number of aromatic nitrogens is 1. The average molecular weight is 657 g/mol. The largest absolute Gasteiger partial charge is 0.507 e. The van der Waals surface area contributed by atoms with Gasteiger partial charge in [0.25, 0.3) is 5.91 Å². The standard InChI is InChI=1S/C35H28F4N6O3/c36-30-15-24(6-7-25(30)17-40)33-27(18-41)34(43-20-28(33)23-8-9-29(31(46)16-23)35(37,38)39)45-13-11-26(12-14-45)42-19-22-3-1-21(2-4-22)5-10-32(47)44-48/h1-10,15-16,20,26,42,46,48H,11-14,19H2,(H,44,47)/b10-5+. The second-order valence-electron chi connectivity index (χ2n) is 11.1. The van der Waals surface area contributed by atoms with Gasteiger partial charge in [-0.3, -0.25) is 10.0 Å². The number of benzene rings is 3. The monoisotopic (exact) mass is 656 g/mol. The molecule has 3 aromatic carbocycles. The van der Waals surface area contributed by atoms with Gasteiger partial charge in [-0.05, 0) is 65.4 Å². The Morgan fingerprint density at radius 3 is 2.33 bits per heavy atom. The molecule has 1 saturated heterocycles. The number of halogens is 4. The van der Waals surface area contributed by atoms with Gasteiger partial charge in [-0.2, -0.15) is 23.7 Å². The van der Waals surface area contributed by atoms with E-state index < -0.39 is 29.2 Å². The predicted octanol–water partition coefficient (Wildman–Crippen LogP) is 6.30. The van der Waals surface area contributed by atoms with Crippen LogP contribution in [0, 0.1) is 28.5 Å². The first-order valence-electron chi connectivity index (χ1n) is 14.8. The maximum absolute atomic E-state index is 14.8. The Morgan fingerprint density at radius 2 is 1.73 bits per heavy atom. The molecule has 1 aliphatic heterocycles. The number of phenolic OH excluding ortho intramolecular Hbond substituents is 1. The Kier molecular flexibility index (Phi) is 10.0. The lowest BCUT2D eigenvalue weighted by molar-refractivity contribution is -0.138. The first-order valence-corrected chi connectivity index (χ1v) is 14.8. The number of carbonyl (C=O) groups excluding carboxylic acids is 1. The second kappa shape index (κ2) is 14.3. The van der Waals surface area contributed by atoms with Gasteiger partial charge in [-0.15, -0.1) is 0 Å². The number of nitriles is 2. The van der Waals surface area contributed by atoms with Crippen molar-refractivity contribution in [2.24, 2.45) is 0 Å². The zero-order valence-electron chi connectivity index (χ0n) is 25.2. The third kappa shape index (κ3) is 7.44. The number of phenols is 1. The molecule has 0 radical (unpaired) electrons. The molecule has 1 aromatic heterocycles. The van der Waals surface area contributed by atoms with Gasteiger partial charge in [0.05, 0.1) is 11.1 Å². The first-order chi connectivity index (χ1) is 23.0. The zero-order valence-corrected chi connectivity index (χ0v) is 25.2. The highest BCUT2D eigenvalue weighted by Crippen LogP contribution is 2.42. The summed E-state index contributed by atoms with van der Waals surface area (Å²) in [6.45, 7) is 1.64. The zero-order chi connectivity index (χ0) is 34.4. The molecule has 4 aromatic rings. The number of hydrogen-bond acceptors (Lipinski definition) is 8. The van der Waals surface area contributed by atoms with Crippen LogP contribution in [0.5, 0.6) is 5.75 Å². The minimum atomic E-state index is -4.79. The van der Waals surface area contributed by atoms with Crippen molar-refractivity contribution in [2.45, 2.75) is 31.6 Å². The van der Waals surface area contributed by atoms with E-state index in [1.165, 1.54) is 29.9 Å². The molecular formula is C35H28F4N6O3. The number of piperidine rings is 1. The molecule has 1 aliphatic rings. The topological polar surface area (TPSA) is 145 Å². The van der Waals surface area contributed by atoms with Crippen molar-refractivity contribution in [3.63, 3.8) is 0 Å².